The summed E-state index contributed by atoms with van der Waals surface area (Å²) in [5.74, 6) is 5.62. The van der Waals surface area contributed by atoms with Crippen molar-refractivity contribution in [2.75, 3.05) is 50.5 Å². The van der Waals surface area contributed by atoms with E-state index >= 15 is 0 Å². The summed E-state index contributed by atoms with van der Waals surface area (Å²) >= 11 is 0. The molecule has 0 saturated carbocycles. The Labute approximate surface area is 306 Å². The lowest BCUT2D eigenvalue weighted by molar-refractivity contribution is -0.140. The van der Waals surface area contributed by atoms with Gasteiger partial charge < -0.3 is 25.0 Å². The molecule has 3 aromatic rings. The summed E-state index contributed by atoms with van der Waals surface area (Å²) in [6, 6.07) is 5.17. The Balaban J connectivity index is 0.000000373. The number of likely N-dealkylation sites (tertiary alicyclic amines) is 1. The third-order valence-corrected chi connectivity index (χ3v) is 10.6. The molecule has 1 aromatic carbocycles. The lowest BCUT2D eigenvalue weighted by Gasteiger charge is -2.31. The number of nitrogens with zero attached hydrogens (tertiary/aromatic N) is 7. The Morgan fingerprint density at radius 1 is 1.04 bits per heavy atom. The number of nitrogen functional groups attached to an aromatic ring is 1. The lowest BCUT2D eigenvalue weighted by atomic mass is 9.91. The smallest absolute Gasteiger partial charge is 0.417 e. The zero-order chi connectivity index (χ0) is 37.3. The van der Waals surface area contributed by atoms with Gasteiger partial charge in [0.25, 0.3) is 5.91 Å². The van der Waals surface area contributed by atoms with Gasteiger partial charge in [0, 0.05) is 62.0 Å². The quantitative estimate of drug-likeness (QED) is 0.201. The highest BCUT2D eigenvalue weighted by molar-refractivity contribution is 5.92. The maximum Gasteiger partial charge on any atom is 0.417 e. The molecular weight excluding hydrogens is 692 g/mol. The highest BCUT2D eigenvalue weighted by Crippen LogP contribution is 2.43. The van der Waals surface area contributed by atoms with Gasteiger partial charge in [-0.2, -0.15) is 28.2 Å². The lowest BCUT2D eigenvalue weighted by Crippen LogP contribution is -2.29. The van der Waals surface area contributed by atoms with Crippen molar-refractivity contribution in [2.45, 2.75) is 89.9 Å². The highest BCUT2D eigenvalue weighted by Gasteiger charge is 2.40. The van der Waals surface area contributed by atoms with Crippen LogP contribution in [0.2, 0.25) is 0 Å². The van der Waals surface area contributed by atoms with Crippen LogP contribution in [0.1, 0.15) is 95.7 Å². The van der Waals surface area contributed by atoms with E-state index in [0.29, 0.717) is 48.4 Å². The zero-order valence-electron chi connectivity index (χ0n) is 30.0. The third kappa shape index (κ3) is 7.70. The molecule has 2 unspecified atom stereocenters. The maximum atomic E-state index is 14.3. The second-order valence-electron chi connectivity index (χ2n) is 14.1. The molecule has 2 N–H and O–H groups in total. The first-order chi connectivity index (χ1) is 25.6. The maximum absolute atomic E-state index is 14.3. The summed E-state index contributed by atoms with van der Waals surface area (Å²) in [5.41, 5.74) is 8.57. The number of alkyl halides is 3. The van der Waals surface area contributed by atoms with E-state index in [-0.39, 0.29) is 41.8 Å². The van der Waals surface area contributed by atoms with Gasteiger partial charge in [-0.15, -0.1) is 5.92 Å². The average Bonchev–Trinajstić information content (AvgIpc) is 3.95. The number of aromatic nitrogens is 4. The first-order valence-corrected chi connectivity index (χ1v) is 18.2. The largest absolute Gasteiger partial charge is 0.467 e. The number of fused-ring (bicyclic) bond motifs is 3. The number of hydrogen-bond acceptors (Lipinski definition) is 9. The summed E-state index contributed by atoms with van der Waals surface area (Å²) in [6.07, 6.45) is 1.55. The van der Waals surface area contributed by atoms with Crippen molar-refractivity contribution >= 4 is 17.4 Å². The van der Waals surface area contributed by atoms with Gasteiger partial charge in [0.05, 0.1) is 49.6 Å². The van der Waals surface area contributed by atoms with Gasteiger partial charge in [-0.3, -0.25) is 14.4 Å². The van der Waals surface area contributed by atoms with Crippen LogP contribution >= 0.6 is 0 Å². The van der Waals surface area contributed by atoms with Crippen molar-refractivity contribution in [3.63, 3.8) is 0 Å². The molecule has 3 fully saturated rings. The Kier molecular flexibility index (Phi) is 10.6. The van der Waals surface area contributed by atoms with Gasteiger partial charge in [0.2, 0.25) is 0 Å². The second-order valence-corrected chi connectivity index (χ2v) is 14.1. The molecule has 282 valence electrons. The van der Waals surface area contributed by atoms with Crippen LogP contribution in [0.15, 0.2) is 30.1 Å². The second kappa shape index (κ2) is 15.4. The number of ether oxygens (including phenoxy) is 2. The van der Waals surface area contributed by atoms with Crippen molar-refractivity contribution in [1.29, 1.82) is 0 Å². The molecule has 1 amide bonds. The van der Waals surface area contributed by atoms with E-state index in [1.54, 1.807) is 0 Å². The summed E-state index contributed by atoms with van der Waals surface area (Å²) in [7, 11) is 1.45. The van der Waals surface area contributed by atoms with Crippen molar-refractivity contribution < 1.29 is 31.8 Å². The van der Waals surface area contributed by atoms with E-state index in [2.05, 4.69) is 36.7 Å². The number of benzene rings is 1. The number of nitrogens with two attached hydrogens (primary N) is 1. The number of carbonyl (C=O) groups excluding carboxylic acids is 1. The normalized spacial score (nSPS) is 22.0. The number of amides is 1. The number of methoxy groups -OCH3 is 1. The fraction of sp³-hybridized carbons (Fsp3) is 0.526. The van der Waals surface area contributed by atoms with Crippen LogP contribution in [0, 0.1) is 11.8 Å². The molecule has 15 heteroatoms. The average molecular weight is 737 g/mol. The summed E-state index contributed by atoms with van der Waals surface area (Å²) < 4.78 is 68.3. The SMILES string of the molecule is CC#Cc1cc(N)cc(C2Cc3nc(OC)nc(N4CCCn5nc(C(=O)N6CCCC6)cc5C4)c3CO2)c1C(F)(F)F.F/C=C1/CC2CCCN2C1. The van der Waals surface area contributed by atoms with E-state index < -0.39 is 17.8 Å². The Morgan fingerprint density at radius 3 is 2.57 bits per heavy atom. The summed E-state index contributed by atoms with van der Waals surface area (Å²) in [6.45, 7) is 6.74. The molecule has 0 spiro atoms. The van der Waals surface area contributed by atoms with Gasteiger partial charge in [-0.25, -0.2) is 4.39 Å². The Hall–Kier alpha value is -4.68. The molecule has 2 atom stereocenters. The first-order valence-electron chi connectivity index (χ1n) is 18.2. The minimum absolute atomic E-state index is 0.00529. The van der Waals surface area contributed by atoms with Gasteiger partial charge in [-0.1, -0.05) is 5.92 Å². The number of hydrogen-bond donors (Lipinski definition) is 1. The highest BCUT2D eigenvalue weighted by atomic mass is 19.4. The predicted molar refractivity (Wildman–Crippen MR) is 190 cm³/mol. The number of rotatable bonds is 4. The Morgan fingerprint density at radius 2 is 1.85 bits per heavy atom. The standard InChI is InChI=1S/C30H32F3N7O3.C8H12FN/c1-3-7-18-12-19(34)13-21(26(18)30(31,32)33)25-15-23-22(17-43-25)27(36-29(35-23)42-2)39-10-6-11-40-20(16-39)14-24(37-40)28(41)38-8-4-5-9-38;9-5-7-4-8-2-1-3-10(8)6-7/h12-14,25H,4-6,8-11,15-17,34H2,1-2H3;5,8H,1-4,6H2/b;7-5-. The predicted octanol–water partition coefficient (Wildman–Crippen LogP) is 5.82. The van der Waals surface area contributed by atoms with Crippen LogP contribution < -0.4 is 15.4 Å². The molecule has 2 aromatic heterocycles. The number of anilines is 2. The molecular formula is C38H44F4N8O3. The van der Waals surface area contributed by atoms with Crippen molar-refractivity contribution in [1.82, 2.24) is 29.5 Å². The number of carbonyl (C=O) groups is 1. The molecule has 5 aliphatic rings. The molecule has 5 aliphatic heterocycles. The van der Waals surface area contributed by atoms with Crippen LogP contribution in [-0.4, -0.2) is 81.3 Å². The van der Waals surface area contributed by atoms with Gasteiger partial charge in [0.1, 0.15) is 5.82 Å². The van der Waals surface area contributed by atoms with Crippen molar-refractivity contribution in [2.24, 2.45) is 0 Å². The fourth-order valence-corrected chi connectivity index (χ4v) is 8.15. The molecule has 53 heavy (non-hydrogen) atoms. The molecule has 0 aliphatic carbocycles. The van der Waals surface area contributed by atoms with Gasteiger partial charge in [0.15, 0.2) is 5.69 Å². The molecule has 7 heterocycles. The van der Waals surface area contributed by atoms with Crippen LogP contribution in [0.5, 0.6) is 6.01 Å². The third-order valence-electron chi connectivity index (χ3n) is 10.6. The molecule has 3 saturated heterocycles. The van der Waals surface area contributed by atoms with E-state index in [4.69, 9.17) is 15.2 Å². The molecule has 0 radical (unpaired) electrons. The van der Waals surface area contributed by atoms with Crippen LogP contribution in [-0.2, 0) is 37.0 Å². The van der Waals surface area contributed by atoms with Crippen LogP contribution in [0.25, 0.3) is 0 Å². The minimum atomic E-state index is -4.66. The fourth-order valence-electron chi connectivity index (χ4n) is 8.15. The Bertz CT molecular complexity index is 1930. The zero-order valence-corrected chi connectivity index (χ0v) is 30.0. The van der Waals surface area contributed by atoms with Crippen LogP contribution in [0.3, 0.4) is 0 Å². The van der Waals surface area contributed by atoms with Crippen LogP contribution in [0.4, 0.5) is 29.1 Å². The topological polar surface area (TPSA) is 115 Å². The van der Waals surface area contributed by atoms with E-state index in [1.807, 2.05) is 15.6 Å². The van der Waals surface area contributed by atoms with E-state index in [1.165, 1.54) is 45.6 Å². The minimum Gasteiger partial charge on any atom is -0.467 e. The monoisotopic (exact) mass is 736 g/mol. The van der Waals surface area contributed by atoms with Crippen molar-refractivity contribution in [3.05, 3.63) is 69.4 Å². The van der Waals surface area contributed by atoms with Gasteiger partial charge in [-0.05, 0) is 81.3 Å². The molecule has 11 nitrogen and oxygen atoms in total. The molecule has 0 bridgehead atoms. The van der Waals surface area contributed by atoms with E-state index in [0.717, 1.165) is 62.9 Å². The van der Waals surface area contributed by atoms with Gasteiger partial charge >= 0.3 is 12.2 Å². The molecule has 8 rings (SSSR count). The van der Waals surface area contributed by atoms with E-state index in [9.17, 15) is 22.4 Å². The first kappa shape index (κ1) is 36.7. The van der Waals surface area contributed by atoms with Crippen molar-refractivity contribution in [3.8, 4) is 17.9 Å². The number of halogens is 4. The summed E-state index contributed by atoms with van der Waals surface area (Å²) in [4.78, 5) is 28.4. The summed E-state index contributed by atoms with van der Waals surface area (Å²) in [5, 5.41) is 4.61. The number of aryl methyl sites for hydroxylation is 1.